The minimum absolute atomic E-state index is 0.555. The van der Waals surface area contributed by atoms with Crippen LogP contribution in [0.5, 0.6) is 0 Å². The summed E-state index contributed by atoms with van der Waals surface area (Å²) < 4.78 is 3.67. The molecule has 6 heteroatoms. The zero-order valence-corrected chi connectivity index (χ0v) is 13.2. The largest absolute Gasteiger partial charge is 0.373 e. The number of aryl methyl sites for hydroxylation is 1. The van der Waals surface area contributed by atoms with Gasteiger partial charge in [0, 0.05) is 23.5 Å². The van der Waals surface area contributed by atoms with Crippen molar-refractivity contribution in [1.29, 1.82) is 0 Å². The Labute approximate surface area is 138 Å². The Morgan fingerprint density at radius 3 is 2.71 bits per heavy atom. The van der Waals surface area contributed by atoms with Gasteiger partial charge < -0.3 is 10.8 Å². The van der Waals surface area contributed by atoms with E-state index in [0.717, 1.165) is 28.2 Å². The summed E-state index contributed by atoms with van der Waals surface area (Å²) in [6.45, 7) is 1.96. The molecule has 0 bridgehead atoms. The van der Waals surface area contributed by atoms with Crippen molar-refractivity contribution in [3.8, 4) is 16.8 Å². The Morgan fingerprint density at radius 2 is 1.96 bits per heavy atom. The third kappa shape index (κ3) is 2.38. The molecule has 0 spiro atoms. The summed E-state index contributed by atoms with van der Waals surface area (Å²) in [7, 11) is 0. The van der Waals surface area contributed by atoms with Gasteiger partial charge in [0.1, 0.15) is 11.9 Å². The van der Waals surface area contributed by atoms with Gasteiger partial charge in [0.15, 0.2) is 0 Å². The van der Waals surface area contributed by atoms with Crippen molar-refractivity contribution in [2.45, 2.75) is 13.2 Å². The van der Waals surface area contributed by atoms with Gasteiger partial charge in [-0.05, 0) is 31.2 Å². The maximum Gasteiger partial charge on any atom is 0.145 e. The highest BCUT2D eigenvalue weighted by atomic mass is 16.3. The molecular formula is C18H17N5O. The van der Waals surface area contributed by atoms with Gasteiger partial charge >= 0.3 is 0 Å². The van der Waals surface area contributed by atoms with Crippen LogP contribution in [0, 0.1) is 6.92 Å². The molecule has 0 radical (unpaired) electrons. The number of pyridine rings is 1. The molecule has 24 heavy (non-hydrogen) atoms. The van der Waals surface area contributed by atoms with Crippen molar-refractivity contribution in [2.75, 3.05) is 0 Å². The summed E-state index contributed by atoms with van der Waals surface area (Å²) in [5, 5.41) is 14.2. The fraction of sp³-hybridized carbons (Fsp3) is 0.111. The summed E-state index contributed by atoms with van der Waals surface area (Å²) in [5.41, 5.74) is 10.9. The smallest absolute Gasteiger partial charge is 0.145 e. The summed E-state index contributed by atoms with van der Waals surface area (Å²) in [4.78, 5) is 4.26. The average Bonchev–Trinajstić information content (AvgIpc) is 3.20. The summed E-state index contributed by atoms with van der Waals surface area (Å²) in [5.74, 6) is 0. The second-order valence-corrected chi connectivity index (χ2v) is 5.69. The Morgan fingerprint density at radius 1 is 1.12 bits per heavy atom. The first-order chi connectivity index (χ1) is 11.6. The molecule has 6 nitrogen and oxygen atoms in total. The maximum atomic E-state index is 9.71. The number of nitrogens with zero attached hydrogens (tertiary/aromatic N) is 4. The highest BCUT2D eigenvalue weighted by Gasteiger charge is 2.12. The quantitative estimate of drug-likeness (QED) is 0.568. The summed E-state index contributed by atoms with van der Waals surface area (Å²) >= 11 is 0. The first-order valence-corrected chi connectivity index (χ1v) is 7.66. The molecule has 3 heterocycles. The molecule has 4 rings (SSSR count). The van der Waals surface area contributed by atoms with Gasteiger partial charge in [0.05, 0.1) is 23.3 Å². The number of para-hydroxylation sites is 1. The third-order valence-electron chi connectivity index (χ3n) is 4.02. The molecule has 3 N–H and O–H groups in total. The lowest BCUT2D eigenvalue weighted by molar-refractivity contribution is 0.180. The van der Waals surface area contributed by atoms with E-state index < -0.39 is 6.23 Å². The second kappa shape index (κ2) is 5.59. The number of aliphatic hydroxyl groups excluding tert-OH is 1. The number of benzene rings is 1. The molecular weight excluding hydrogens is 302 g/mol. The molecule has 0 saturated heterocycles. The molecule has 4 aromatic rings. The zero-order chi connectivity index (χ0) is 16.7. The molecule has 1 aromatic carbocycles. The maximum absolute atomic E-state index is 9.71. The van der Waals surface area contributed by atoms with Crippen LogP contribution in [-0.2, 0) is 0 Å². The first kappa shape index (κ1) is 14.6. The van der Waals surface area contributed by atoms with E-state index in [9.17, 15) is 5.11 Å². The standard InChI is InChI=1S/C18H17N5O/c1-12-8-9-23(21-12)15-5-3-2-4-14(15)13-6-7-17-20-10-16(18(19)24)22(17)11-13/h2-11,18,24H,19H2,1H3. The van der Waals surface area contributed by atoms with Crippen molar-refractivity contribution >= 4 is 5.65 Å². The van der Waals surface area contributed by atoms with Crippen LogP contribution in [0.4, 0.5) is 0 Å². The number of aromatic nitrogens is 4. The van der Waals surface area contributed by atoms with Gasteiger partial charge in [0.2, 0.25) is 0 Å². The van der Waals surface area contributed by atoms with Gasteiger partial charge in [-0.15, -0.1) is 0 Å². The summed E-state index contributed by atoms with van der Waals surface area (Å²) in [6, 6.07) is 13.9. The predicted molar refractivity (Wildman–Crippen MR) is 91.6 cm³/mol. The Bertz CT molecular complexity index is 1020. The van der Waals surface area contributed by atoms with Crippen molar-refractivity contribution in [1.82, 2.24) is 19.2 Å². The van der Waals surface area contributed by atoms with Gasteiger partial charge in [-0.2, -0.15) is 5.10 Å². The highest BCUT2D eigenvalue weighted by Crippen LogP contribution is 2.27. The minimum Gasteiger partial charge on any atom is -0.373 e. The fourth-order valence-electron chi connectivity index (χ4n) is 2.84. The predicted octanol–water partition coefficient (Wildman–Crippen LogP) is 2.45. The lowest BCUT2D eigenvalue weighted by atomic mass is 10.1. The van der Waals surface area contributed by atoms with Crippen LogP contribution < -0.4 is 5.73 Å². The van der Waals surface area contributed by atoms with E-state index in [1.807, 2.05) is 70.9 Å². The molecule has 120 valence electrons. The third-order valence-corrected chi connectivity index (χ3v) is 4.02. The van der Waals surface area contributed by atoms with Gasteiger partial charge in [-0.3, -0.25) is 4.40 Å². The molecule has 3 aromatic heterocycles. The van der Waals surface area contributed by atoms with Crippen LogP contribution in [0.3, 0.4) is 0 Å². The molecule has 0 aliphatic rings. The molecule has 1 atom stereocenters. The molecule has 0 aliphatic heterocycles. The number of imidazole rings is 1. The van der Waals surface area contributed by atoms with E-state index >= 15 is 0 Å². The normalized spacial score (nSPS) is 12.6. The minimum atomic E-state index is -1.07. The van der Waals surface area contributed by atoms with Crippen LogP contribution in [0.1, 0.15) is 17.6 Å². The van der Waals surface area contributed by atoms with Crippen molar-refractivity contribution in [2.24, 2.45) is 5.73 Å². The van der Waals surface area contributed by atoms with E-state index in [-0.39, 0.29) is 0 Å². The number of rotatable bonds is 3. The monoisotopic (exact) mass is 319 g/mol. The van der Waals surface area contributed by atoms with E-state index in [0.29, 0.717) is 5.69 Å². The van der Waals surface area contributed by atoms with E-state index in [4.69, 9.17) is 5.73 Å². The fourth-order valence-corrected chi connectivity index (χ4v) is 2.84. The topological polar surface area (TPSA) is 81.4 Å². The Balaban J connectivity index is 1.90. The average molecular weight is 319 g/mol. The van der Waals surface area contributed by atoms with Crippen molar-refractivity contribution in [3.63, 3.8) is 0 Å². The lowest BCUT2D eigenvalue weighted by Crippen LogP contribution is -2.11. The number of hydrogen-bond acceptors (Lipinski definition) is 4. The highest BCUT2D eigenvalue weighted by molar-refractivity contribution is 5.73. The van der Waals surface area contributed by atoms with Crippen LogP contribution >= 0.6 is 0 Å². The number of aliphatic hydroxyl groups is 1. The van der Waals surface area contributed by atoms with E-state index in [2.05, 4.69) is 10.1 Å². The number of fused-ring (bicyclic) bond motifs is 1. The molecule has 0 saturated carbocycles. The van der Waals surface area contributed by atoms with E-state index in [1.165, 1.54) is 0 Å². The zero-order valence-electron chi connectivity index (χ0n) is 13.2. The van der Waals surface area contributed by atoms with Gasteiger partial charge in [-0.1, -0.05) is 18.2 Å². The van der Waals surface area contributed by atoms with Gasteiger partial charge in [-0.25, -0.2) is 9.67 Å². The molecule has 0 amide bonds. The summed E-state index contributed by atoms with van der Waals surface area (Å²) in [6.07, 6.45) is 4.40. The lowest BCUT2D eigenvalue weighted by Gasteiger charge is -2.11. The van der Waals surface area contributed by atoms with Crippen LogP contribution in [0.15, 0.2) is 61.1 Å². The second-order valence-electron chi connectivity index (χ2n) is 5.69. The Hall–Kier alpha value is -2.96. The Kier molecular flexibility index (Phi) is 3.41. The SMILES string of the molecule is Cc1ccn(-c2ccccc2-c2ccc3ncc(C(N)O)n3c2)n1. The van der Waals surface area contributed by atoms with E-state index in [1.54, 1.807) is 6.20 Å². The number of hydrogen-bond donors (Lipinski definition) is 2. The van der Waals surface area contributed by atoms with Crippen molar-refractivity contribution in [3.05, 3.63) is 72.4 Å². The molecule has 0 fully saturated rings. The number of nitrogens with two attached hydrogens (primary N) is 1. The molecule has 0 aliphatic carbocycles. The molecule has 1 unspecified atom stereocenters. The van der Waals surface area contributed by atoms with Crippen LogP contribution in [0.25, 0.3) is 22.5 Å². The first-order valence-electron chi connectivity index (χ1n) is 7.66. The van der Waals surface area contributed by atoms with Crippen LogP contribution in [-0.4, -0.2) is 24.3 Å². The van der Waals surface area contributed by atoms with Crippen LogP contribution in [0.2, 0.25) is 0 Å². The van der Waals surface area contributed by atoms with Crippen molar-refractivity contribution < 1.29 is 5.11 Å². The van der Waals surface area contributed by atoms with Gasteiger partial charge in [0.25, 0.3) is 0 Å².